The number of aliphatic hydroxyl groups excluding tert-OH is 1. The standard InChI is InChI=1S/C14H19NO3.C7H6F2O/c1-9(2)8-13(16)15-10(3)11-4-6-12(7-5-11)14(17)18;8-6-2-1-5(4-10)3-7(6)9/h4-7,9-10H,8H2,1-3H3,(H,15,16)(H,17,18);1-3,10H,4H2. The molecule has 1 unspecified atom stereocenters. The molecule has 28 heavy (non-hydrogen) atoms. The summed E-state index contributed by atoms with van der Waals surface area (Å²) < 4.78 is 24.5. The van der Waals surface area contributed by atoms with E-state index in [1.165, 1.54) is 6.07 Å². The third-order valence-electron chi connectivity index (χ3n) is 3.80. The number of carboxylic acid groups (broad SMARTS) is 1. The molecule has 2 aromatic rings. The van der Waals surface area contributed by atoms with E-state index < -0.39 is 17.6 Å². The Bertz CT molecular complexity index is 791. The summed E-state index contributed by atoms with van der Waals surface area (Å²) in [6, 6.07) is 9.72. The summed E-state index contributed by atoms with van der Waals surface area (Å²) in [6.45, 7) is 5.60. The Morgan fingerprint density at radius 3 is 2.07 bits per heavy atom. The maximum atomic E-state index is 12.3. The van der Waals surface area contributed by atoms with Crippen LogP contribution in [0.15, 0.2) is 42.5 Å². The van der Waals surface area contributed by atoms with E-state index in [4.69, 9.17) is 10.2 Å². The van der Waals surface area contributed by atoms with Crippen molar-refractivity contribution in [2.75, 3.05) is 0 Å². The van der Waals surface area contributed by atoms with Gasteiger partial charge in [0.05, 0.1) is 18.2 Å². The fourth-order valence-corrected chi connectivity index (χ4v) is 2.31. The number of hydrogen-bond acceptors (Lipinski definition) is 3. The fourth-order valence-electron chi connectivity index (χ4n) is 2.31. The molecule has 0 radical (unpaired) electrons. The topological polar surface area (TPSA) is 86.6 Å². The number of nitrogens with one attached hydrogen (secondary N) is 1. The second-order valence-corrected chi connectivity index (χ2v) is 6.72. The highest BCUT2D eigenvalue weighted by molar-refractivity contribution is 5.87. The smallest absolute Gasteiger partial charge is 0.335 e. The van der Waals surface area contributed by atoms with E-state index in [0.717, 1.165) is 17.7 Å². The van der Waals surface area contributed by atoms with Gasteiger partial charge in [-0.15, -0.1) is 0 Å². The van der Waals surface area contributed by atoms with Gasteiger partial charge >= 0.3 is 5.97 Å². The molecule has 0 spiro atoms. The summed E-state index contributed by atoms with van der Waals surface area (Å²) >= 11 is 0. The molecule has 5 nitrogen and oxygen atoms in total. The molecule has 0 aliphatic carbocycles. The summed E-state index contributed by atoms with van der Waals surface area (Å²) in [7, 11) is 0. The normalized spacial score (nSPS) is 11.4. The average molecular weight is 393 g/mol. The molecule has 2 aromatic carbocycles. The second-order valence-electron chi connectivity index (χ2n) is 6.72. The van der Waals surface area contributed by atoms with E-state index >= 15 is 0 Å². The Labute approximate surface area is 163 Å². The molecule has 0 bridgehead atoms. The number of aliphatic hydroxyl groups is 1. The lowest BCUT2D eigenvalue weighted by Gasteiger charge is -2.15. The van der Waals surface area contributed by atoms with Crippen LogP contribution in [0.2, 0.25) is 0 Å². The molecule has 1 amide bonds. The maximum absolute atomic E-state index is 12.3. The number of benzene rings is 2. The van der Waals surface area contributed by atoms with Gasteiger partial charge in [-0.25, -0.2) is 13.6 Å². The van der Waals surface area contributed by atoms with Crippen molar-refractivity contribution in [3.8, 4) is 0 Å². The predicted molar refractivity (Wildman–Crippen MR) is 102 cm³/mol. The van der Waals surface area contributed by atoms with Gasteiger partial charge in [0.2, 0.25) is 5.91 Å². The molecule has 1 atom stereocenters. The lowest BCUT2D eigenvalue weighted by atomic mass is 10.1. The molecular weight excluding hydrogens is 368 g/mol. The van der Waals surface area contributed by atoms with Crippen LogP contribution in [0.4, 0.5) is 8.78 Å². The van der Waals surface area contributed by atoms with E-state index in [9.17, 15) is 18.4 Å². The first kappa shape index (κ1) is 23.2. The molecule has 0 aliphatic rings. The van der Waals surface area contributed by atoms with Gasteiger partial charge in [0.1, 0.15) is 0 Å². The van der Waals surface area contributed by atoms with Crippen LogP contribution in [0.3, 0.4) is 0 Å². The molecule has 0 aromatic heterocycles. The molecule has 2 rings (SSSR count). The van der Waals surface area contributed by atoms with Crippen LogP contribution >= 0.6 is 0 Å². The van der Waals surface area contributed by atoms with Gasteiger partial charge in [0.25, 0.3) is 0 Å². The first-order valence-corrected chi connectivity index (χ1v) is 8.81. The quantitative estimate of drug-likeness (QED) is 0.691. The van der Waals surface area contributed by atoms with Crippen LogP contribution in [0, 0.1) is 17.6 Å². The SMILES string of the molecule is CC(C)CC(=O)NC(C)c1ccc(C(=O)O)cc1.OCc1ccc(F)c(F)c1. The van der Waals surface area contributed by atoms with Crippen LogP contribution < -0.4 is 5.32 Å². The van der Waals surface area contributed by atoms with Crippen molar-refractivity contribution >= 4 is 11.9 Å². The Kier molecular flexibility index (Phi) is 9.24. The Hall–Kier alpha value is -2.80. The van der Waals surface area contributed by atoms with Gasteiger partial charge in [0, 0.05) is 6.42 Å². The Morgan fingerprint density at radius 1 is 1.00 bits per heavy atom. The largest absolute Gasteiger partial charge is 0.478 e. The van der Waals surface area contributed by atoms with Gasteiger partial charge in [-0.2, -0.15) is 0 Å². The van der Waals surface area contributed by atoms with Gasteiger partial charge in [-0.3, -0.25) is 4.79 Å². The third kappa shape index (κ3) is 7.84. The first-order valence-electron chi connectivity index (χ1n) is 8.81. The maximum Gasteiger partial charge on any atom is 0.335 e. The van der Waals surface area contributed by atoms with Crippen molar-refractivity contribution in [2.45, 2.75) is 39.8 Å². The summed E-state index contributed by atoms with van der Waals surface area (Å²) in [4.78, 5) is 22.3. The van der Waals surface area contributed by atoms with Crippen LogP contribution in [0.1, 0.15) is 54.7 Å². The van der Waals surface area contributed by atoms with Crippen LogP contribution in [0.5, 0.6) is 0 Å². The lowest BCUT2D eigenvalue weighted by Crippen LogP contribution is -2.27. The van der Waals surface area contributed by atoms with E-state index in [-0.39, 0.29) is 24.1 Å². The van der Waals surface area contributed by atoms with Gasteiger partial charge in [-0.1, -0.05) is 32.0 Å². The van der Waals surface area contributed by atoms with Crippen molar-refractivity contribution < 1.29 is 28.6 Å². The molecule has 3 N–H and O–H groups in total. The van der Waals surface area contributed by atoms with Crippen LogP contribution in [-0.2, 0) is 11.4 Å². The first-order chi connectivity index (χ1) is 13.1. The molecule has 0 heterocycles. The van der Waals surface area contributed by atoms with Crippen molar-refractivity contribution in [3.05, 3.63) is 70.8 Å². The molecule has 0 saturated heterocycles. The number of carbonyl (C=O) groups is 2. The molecule has 0 saturated carbocycles. The van der Waals surface area contributed by atoms with Crippen molar-refractivity contribution in [2.24, 2.45) is 5.92 Å². The zero-order valence-corrected chi connectivity index (χ0v) is 16.1. The molecule has 0 aliphatic heterocycles. The molecule has 0 fully saturated rings. The van der Waals surface area contributed by atoms with E-state index in [0.29, 0.717) is 17.9 Å². The summed E-state index contributed by atoms with van der Waals surface area (Å²) in [5, 5.41) is 20.1. The fraction of sp³-hybridized carbons (Fsp3) is 0.333. The molecule has 7 heteroatoms. The minimum absolute atomic E-state index is 0.0137. The van der Waals surface area contributed by atoms with Crippen molar-refractivity contribution in [3.63, 3.8) is 0 Å². The summed E-state index contributed by atoms with van der Waals surface area (Å²) in [5.41, 5.74) is 1.52. The number of carbonyl (C=O) groups excluding carboxylic acids is 1. The van der Waals surface area contributed by atoms with E-state index in [2.05, 4.69) is 5.32 Å². The number of amides is 1. The number of halogens is 2. The Morgan fingerprint density at radius 2 is 1.61 bits per heavy atom. The van der Waals surface area contributed by atoms with E-state index in [1.807, 2.05) is 20.8 Å². The lowest BCUT2D eigenvalue weighted by molar-refractivity contribution is -0.122. The number of carboxylic acids is 1. The zero-order chi connectivity index (χ0) is 21.3. The van der Waals surface area contributed by atoms with Gasteiger partial charge < -0.3 is 15.5 Å². The van der Waals surface area contributed by atoms with Gasteiger partial charge in [0.15, 0.2) is 11.6 Å². The van der Waals surface area contributed by atoms with Crippen LogP contribution in [0.25, 0.3) is 0 Å². The highest BCUT2D eigenvalue weighted by Crippen LogP contribution is 2.14. The second kappa shape index (κ2) is 11.1. The van der Waals surface area contributed by atoms with Crippen LogP contribution in [-0.4, -0.2) is 22.1 Å². The van der Waals surface area contributed by atoms with Crippen molar-refractivity contribution in [1.29, 1.82) is 0 Å². The average Bonchev–Trinajstić information content (AvgIpc) is 2.63. The third-order valence-corrected chi connectivity index (χ3v) is 3.80. The van der Waals surface area contributed by atoms with Gasteiger partial charge in [-0.05, 0) is 48.2 Å². The van der Waals surface area contributed by atoms with Crippen molar-refractivity contribution in [1.82, 2.24) is 5.32 Å². The predicted octanol–water partition coefficient (Wildman–Crippen LogP) is 4.07. The minimum atomic E-state index is -0.946. The van der Waals surface area contributed by atoms with E-state index in [1.54, 1.807) is 24.3 Å². The number of aromatic carboxylic acids is 1. The number of rotatable bonds is 6. The zero-order valence-electron chi connectivity index (χ0n) is 16.1. The minimum Gasteiger partial charge on any atom is -0.478 e. The molecule has 152 valence electrons. The summed E-state index contributed by atoms with van der Waals surface area (Å²) in [5.74, 6) is -2.42. The summed E-state index contributed by atoms with van der Waals surface area (Å²) in [6.07, 6.45) is 0.498. The monoisotopic (exact) mass is 393 g/mol. The Balaban J connectivity index is 0.000000330. The highest BCUT2D eigenvalue weighted by atomic mass is 19.2. The molecular formula is C21H25F2NO4. The number of hydrogen-bond donors (Lipinski definition) is 3. The highest BCUT2D eigenvalue weighted by Gasteiger charge is 2.11.